The molecule has 2 fully saturated rings. The zero-order valence-electron chi connectivity index (χ0n) is 16.8. The van der Waals surface area contributed by atoms with Gasteiger partial charge in [0.2, 0.25) is 5.91 Å². The zero-order valence-corrected chi connectivity index (χ0v) is 16.8. The molecule has 4 rings (SSSR count). The second-order valence-corrected chi connectivity index (χ2v) is 8.03. The minimum atomic E-state index is -0.0396. The van der Waals surface area contributed by atoms with Gasteiger partial charge in [-0.15, -0.1) is 0 Å². The summed E-state index contributed by atoms with van der Waals surface area (Å²) >= 11 is 0. The number of anilines is 1. The summed E-state index contributed by atoms with van der Waals surface area (Å²) in [6.07, 6.45) is 6.93. The highest BCUT2D eigenvalue weighted by molar-refractivity contribution is 5.77. The van der Waals surface area contributed by atoms with Crippen molar-refractivity contribution in [1.29, 1.82) is 0 Å². The molecule has 0 radical (unpaired) electrons. The van der Waals surface area contributed by atoms with E-state index in [4.69, 9.17) is 0 Å². The van der Waals surface area contributed by atoms with E-state index in [9.17, 15) is 9.59 Å². The van der Waals surface area contributed by atoms with Crippen molar-refractivity contribution < 1.29 is 4.79 Å². The van der Waals surface area contributed by atoms with Crippen molar-refractivity contribution in [2.24, 2.45) is 5.92 Å². The molecule has 0 bridgehead atoms. The molecule has 2 aromatic rings. The third kappa shape index (κ3) is 3.77. The monoisotopic (exact) mass is 382 g/mol. The average molecular weight is 383 g/mol. The van der Waals surface area contributed by atoms with Crippen molar-refractivity contribution in [3.8, 4) is 0 Å². The van der Waals surface area contributed by atoms with Gasteiger partial charge in [-0.3, -0.25) is 9.59 Å². The van der Waals surface area contributed by atoms with E-state index in [0.29, 0.717) is 45.0 Å². The lowest BCUT2D eigenvalue weighted by Gasteiger charge is -2.35. The van der Waals surface area contributed by atoms with Gasteiger partial charge in [0.25, 0.3) is 5.56 Å². The van der Waals surface area contributed by atoms with Gasteiger partial charge in [0.1, 0.15) is 0 Å². The van der Waals surface area contributed by atoms with Crippen molar-refractivity contribution in [2.75, 3.05) is 31.1 Å². The number of amides is 1. The first-order chi connectivity index (χ1) is 13.7. The Morgan fingerprint density at radius 3 is 2.54 bits per heavy atom. The van der Waals surface area contributed by atoms with Crippen LogP contribution in [0.4, 0.5) is 5.82 Å². The quantitative estimate of drug-likeness (QED) is 0.798. The number of fused-ring (bicyclic) bond motifs is 1. The van der Waals surface area contributed by atoms with Crippen molar-refractivity contribution >= 4 is 22.8 Å². The highest BCUT2D eigenvalue weighted by Crippen LogP contribution is 2.28. The van der Waals surface area contributed by atoms with Gasteiger partial charge < -0.3 is 14.4 Å². The van der Waals surface area contributed by atoms with Crippen LogP contribution in [-0.4, -0.2) is 46.5 Å². The van der Waals surface area contributed by atoms with Crippen LogP contribution in [0.3, 0.4) is 0 Å². The molecule has 2 heterocycles. The number of rotatable bonds is 5. The second-order valence-electron chi connectivity index (χ2n) is 8.03. The molecule has 1 aromatic carbocycles. The summed E-state index contributed by atoms with van der Waals surface area (Å²) in [6, 6.07) is 7.78. The highest BCUT2D eigenvalue weighted by Gasteiger charge is 2.25. The van der Waals surface area contributed by atoms with Crippen LogP contribution in [0, 0.1) is 5.92 Å². The van der Waals surface area contributed by atoms with Gasteiger partial charge in [-0.1, -0.05) is 37.8 Å². The van der Waals surface area contributed by atoms with Gasteiger partial charge in [0.05, 0.1) is 11.0 Å². The normalized spacial score (nSPS) is 18.2. The lowest BCUT2D eigenvalue weighted by molar-refractivity contribution is -0.131. The van der Waals surface area contributed by atoms with E-state index < -0.39 is 0 Å². The Morgan fingerprint density at radius 1 is 1.11 bits per heavy atom. The molecule has 0 atom stereocenters. The number of hydrogen-bond acceptors (Lipinski definition) is 4. The maximum atomic E-state index is 13.0. The Hall–Kier alpha value is -2.37. The lowest BCUT2D eigenvalue weighted by atomic mass is 10.0. The maximum Gasteiger partial charge on any atom is 0.293 e. The van der Waals surface area contributed by atoms with E-state index >= 15 is 0 Å². The fourth-order valence-corrected chi connectivity index (χ4v) is 4.65. The smallest absolute Gasteiger partial charge is 0.293 e. The molecular formula is C22H30N4O2. The minimum absolute atomic E-state index is 0.0396. The van der Waals surface area contributed by atoms with Gasteiger partial charge >= 0.3 is 0 Å². The molecule has 1 aliphatic heterocycles. The molecule has 1 saturated heterocycles. The van der Waals surface area contributed by atoms with E-state index in [1.54, 1.807) is 4.57 Å². The predicted octanol–water partition coefficient (Wildman–Crippen LogP) is 3.04. The molecule has 6 nitrogen and oxygen atoms in total. The summed E-state index contributed by atoms with van der Waals surface area (Å²) < 4.78 is 1.79. The summed E-state index contributed by atoms with van der Waals surface area (Å²) in [5, 5.41) is 0. The Bertz CT molecular complexity index is 893. The zero-order chi connectivity index (χ0) is 19.5. The molecule has 1 amide bonds. The number of hydrogen-bond donors (Lipinski definition) is 0. The number of benzene rings is 1. The molecule has 1 aliphatic carbocycles. The van der Waals surface area contributed by atoms with E-state index in [2.05, 4.69) is 4.98 Å². The van der Waals surface area contributed by atoms with E-state index in [-0.39, 0.29) is 11.5 Å². The average Bonchev–Trinajstić information content (AvgIpc) is 3.25. The van der Waals surface area contributed by atoms with Crippen LogP contribution in [0.15, 0.2) is 29.1 Å². The minimum Gasteiger partial charge on any atom is -0.348 e. The summed E-state index contributed by atoms with van der Waals surface area (Å²) in [5.41, 5.74) is 1.68. The second kappa shape index (κ2) is 8.33. The summed E-state index contributed by atoms with van der Waals surface area (Å²) in [5.74, 6) is 1.53. The van der Waals surface area contributed by atoms with Crippen LogP contribution in [0.25, 0.3) is 11.0 Å². The molecule has 0 spiro atoms. The van der Waals surface area contributed by atoms with Gasteiger partial charge in [0, 0.05) is 39.1 Å². The van der Waals surface area contributed by atoms with Crippen LogP contribution >= 0.6 is 0 Å². The molecule has 1 aromatic heterocycles. The van der Waals surface area contributed by atoms with Crippen LogP contribution < -0.4 is 10.5 Å². The maximum absolute atomic E-state index is 13.0. The number of piperazine rings is 1. The Kier molecular flexibility index (Phi) is 5.64. The summed E-state index contributed by atoms with van der Waals surface area (Å²) in [4.78, 5) is 34.2. The van der Waals surface area contributed by atoms with Crippen LogP contribution in [-0.2, 0) is 11.3 Å². The fraction of sp³-hybridized carbons (Fsp3) is 0.591. The van der Waals surface area contributed by atoms with Gasteiger partial charge in [-0.05, 0) is 31.4 Å². The largest absolute Gasteiger partial charge is 0.348 e. The molecule has 0 N–H and O–H groups in total. The fourth-order valence-electron chi connectivity index (χ4n) is 4.65. The molecule has 28 heavy (non-hydrogen) atoms. The van der Waals surface area contributed by atoms with Crippen LogP contribution in [0.5, 0.6) is 0 Å². The lowest BCUT2D eigenvalue weighted by Crippen LogP contribution is -2.50. The number of nitrogens with zero attached hydrogens (tertiary/aromatic N) is 4. The van der Waals surface area contributed by atoms with E-state index in [1.165, 1.54) is 25.7 Å². The molecule has 0 unspecified atom stereocenters. The third-order valence-electron chi connectivity index (χ3n) is 6.32. The third-order valence-corrected chi connectivity index (χ3v) is 6.32. The summed E-state index contributed by atoms with van der Waals surface area (Å²) in [6.45, 7) is 5.28. The van der Waals surface area contributed by atoms with Gasteiger partial charge in [-0.25, -0.2) is 4.98 Å². The summed E-state index contributed by atoms with van der Waals surface area (Å²) in [7, 11) is 0. The topological polar surface area (TPSA) is 58.4 Å². The molecule has 2 aliphatic rings. The molecule has 1 saturated carbocycles. The van der Waals surface area contributed by atoms with Crippen LogP contribution in [0.2, 0.25) is 0 Å². The first-order valence-corrected chi connectivity index (χ1v) is 10.7. The van der Waals surface area contributed by atoms with Gasteiger partial charge in [0.15, 0.2) is 5.82 Å². The Morgan fingerprint density at radius 2 is 1.82 bits per heavy atom. The number of carbonyl (C=O) groups excluding carboxylic acids is 1. The van der Waals surface area contributed by atoms with Crippen molar-refractivity contribution in [3.05, 3.63) is 34.6 Å². The first-order valence-electron chi connectivity index (χ1n) is 10.7. The van der Waals surface area contributed by atoms with E-state index in [1.807, 2.05) is 41.0 Å². The van der Waals surface area contributed by atoms with Crippen molar-refractivity contribution in [3.63, 3.8) is 0 Å². The van der Waals surface area contributed by atoms with Crippen molar-refractivity contribution in [2.45, 2.75) is 52.0 Å². The van der Waals surface area contributed by atoms with Gasteiger partial charge in [-0.2, -0.15) is 0 Å². The van der Waals surface area contributed by atoms with E-state index in [0.717, 1.165) is 23.4 Å². The SMILES string of the molecule is CCn1c(=O)c(N2CCN(C(=O)CCC3CCCC3)CC2)nc2ccccc21. The standard InChI is InChI=1S/C22H30N4O2/c1-2-26-19-10-6-5-9-18(19)23-21(22(26)28)25-15-13-24(14-16-25)20(27)12-11-17-7-3-4-8-17/h5-6,9-10,17H,2-4,7-8,11-16H2,1H3. The number of para-hydroxylation sites is 2. The molecule has 6 heteroatoms. The Balaban J connectivity index is 1.43. The Labute approximate surface area is 166 Å². The molecule has 150 valence electrons. The first kappa shape index (κ1) is 19.0. The molecular weight excluding hydrogens is 352 g/mol. The van der Waals surface area contributed by atoms with Crippen molar-refractivity contribution in [1.82, 2.24) is 14.5 Å². The predicted molar refractivity (Wildman–Crippen MR) is 112 cm³/mol. The number of aromatic nitrogens is 2. The highest BCUT2D eigenvalue weighted by atomic mass is 16.2. The van der Waals surface area contributed by atoms with Crippen LogP contribution in [0.1, 0.15) is 45.4 Å². The number of carbonyl (C=O) groups is 1. The number of aryl methyl sites for hydroxylation is 1.